The zero-order valence-corrected chi connectivity index (χ0v) is 11.9. The molecule has 0 fully saturated rings. The topological polar surface area (TPSA) is 30.5 Å². The van der Waals surface area contributed by atoms with Gasteiger partial charge in [-0.05, 0) is 42.2 Å². The molecule has 0 saturated carbocycles. The summed E-state index contributed by atoms with van der Waals surface area (Å²) in [6, 6.07) is 12.4. The zero-order valence-electron chi connectivity index (χ0n) is 11.9. The minimum Gasteiger partial charge on any atom is -0.496 e. The van der Waals surface area contributed by atoms with Crippen molar-refractivity contribution in [2.75, 3.05) is 26.1 Å². The minimum absolute atomic E-state index is 0.833. The number of hydrogen-bond donors (Lipinski definition) is 1. The largest absolute Gasteiger partial charge is 0.496 e. The highest BCUT2D eigenvalue weighted by Gasteiger charge is 2.15. The van der Waals surface area contributed by atoms with Crippen LogP contribution in [0.3, 0.4) is 0 Å². The van der Waals surface area contributed by atoms with Crippen LogP contribution >= 0.6 is 0 Å². The summed E-state index contributed by atoms with van der Waals surface area (Å²) in [7, 11) is 3.38. The van der Waals surface area contributed by atoms with Crippen molar-refractivity contribution >= 4 is 5.69 Å². The number of anilines is 1. The van der Waals surface area contributed by atoms with E-state index in [4.69, 9.17) is 9.47 Å². The van der Waals surface area contributed by atoms with Crippen molar-refractivity contribution in [3.63, 3.8) is 0 Å². The average Bonchev–Trinajstić information content (AvgIpc) is 2.53. The summed E-state index contributed by atoms with van der Waals surface area (Å²) in [5.41, 5.74) is 4.73. The SMILES string of the molecule is COc1cccc(OC)c1-c1ccc2c(c1)NCCC2. The number of methoxy groups -OCH3 is 2. The maximum Gasteiger partial charge on any atom is 0.130 e. The van der Waals surface area contributed by atoms with Gasteiger partial charge in [0.1, 0.15) is 11.5 Å². The van der Waals surface area contributed by atoms with Gasteiger partial charge in [0.2, 0.25) is 0 Å². The van der Waals surface area contributed by atoms with E-state index >= 15 is 0 Å². The van der Waals surface area contributed by atoms with Crippen LogP contribution in [0.25, 0.3) is 11.1 Å². The molecule has 1 N–H and O–H groups in total. The van der Waals surface area contributed by atoms with Crippen LogP contribution in [0, 0.1) is 0 Å². The van der Waals surface area contributed by atoms with Crippen molar-refractivity contribution in [3.05, 3.63) is 42.0 Å². The first-order valence-corrected chi connectivity index (χ1v) is 6.91. The Kier molecular flexibility index (Phi) is 3.50. The fraction of sp³-hybridized carbons (Fsp3) is 0.294. The van der Waals surface area contributed by atoms with Crippen molar-refractivity contribution in [2.24, 2.45) is 0 Å². The highest BCUT2D eigenvalue weighted by Crippen LogP contribution is 2.40. The molecule has 0 spiro atoms. The molecule has 2 aromatic rings. The first kappa shape index (κ1) is 12.9. The monoisotopic (exact) mass is 269 g/mol. The van der Waals surface area contributed by atoms with Gasteiger partial charge in [0.25, 0.3) is 0 Å². The van der Waals surface area contributed by atoms with Crippen molar-refractivity contribution in [1.82, 2.24) is 0 Å². The van der Waals surface area contributed by atoms with Crippen molar-refractivity contribution in [3.8, 4) is 22.6 Å². The lowest BCUT2D eigenvalue weighted by Gasteiger charge is -2.20. The Morgan fingerprint density at radius 3 is 2.45 bits per heavy atom. The predicted octanol–water partition coefficient (Wildman–Crippen LogP) is 3.73. The molecule has 20 heavy (non-hydrogen) atoms. The molecule has 0 atom stereocenters. The molecule has 0 saturated heterocycles. The number of fused-ring (bicyclic) bond motifs is 1. The van der Waals surface area contributed by atoms with Gasteiger partial charge < -0.3 is 14.8 Å². The molecule has 2 aromatic carbocycles. The Labute approximate surface area is 119 Å². The normalized spacial score (nSPS) is 13.3. The van der Waals surface area contributed by atoms with E-state index in [0.29, 0.717) is 0 Å². The molecule has 0 amide bonds. The second-order valence-electron chi connectivity index (χ2n) is 4.94. The Bertz CT molecular complexity index is 600. The lowest BCUT2D eigenvalue weighted by atomic mass is 9.97. The van der Waals surface area contributed by atoms with Gasteiger partial charge in [0.05, 0.1) is 19.8 Å². The fourth-order valence-electron chi connectivity index (χ4n) is 2.75. The zero-order chi connectivity index (χ0) is 13.9. The lowest BCUT2D eigenvalue weighted by Crippen LogP contribution is -2.11. The third-order valence-corrected chi connectivity index (χ3v) is 3.76. The number of benzene rings is 2. The number of aryl methyl sites for hydroxylation is 1. The third-order valence-electron chi connectivity index (χ3n) is 3.76. The third kappa shape index (κ3) is 2.20. The van der Waals surface area contributed by atoms with Crippen LogP contribution in [0.4, 0.5) is 5.69 Å². The summed E-state index contributed by atoms with van der Waals surface area (Å²) in [5.74, 6) is 1.67. The summed E-state index contributed by atoms with van der Waals surface area (Å²) >= 11 is 0. The summed E-state index contributed by atoms with van der Waals surface area (Å²) in [5, 5.41) is 3.47. The quantitative estimate of drug-likeness (QED) is 0.921. The van der Waals surface area contributed by atoms with Crippen LogP contribution in [-0.2, 0) is 6.42 Å². The van der Waals surface area contributed by atoms with E-state index in [1.165, 1.54) is 17.7 Å². The molecule has 0 aromatic heterocycles. The molecular weight excluding hydrogens is 250 g/mol. The number of hydrogen-bond acceptors (Lipinski definition) is 3. The maximum absolute atomic E-state index is 5.49. The van der Waals surface area contributed by atoms with Crippen molar-refractivity contribution < 1.29 is 9.47 Å². The average molecular weight is 269 g/mol. The number of ether oxygens (including phenoxy) is 2. The first-order valence-electron chi connectivity index (χ1n) is 6.91. The first-order chi connectivity index (χ1) is 9.83. The van der Waals surface area contributed by atoms with Crippen molar-refractivity contribution in [2.45, 2.75) is 12.8 Å². The van der Waals surface area contributed by atoms with Gasteiger partial charge in [-0.1, -0.05) is 18.2 Å². The summed E-state index contributed by atoms with van der Waals surface area (Å²) in [6.45, 7) is 1.04. The van der Waals surface area contributed by atoms with Gasteiger partial charge in [-0.2, -0.15) is 0 Å². The Balaban J connectivity index is 2.13. The van der Waals surface area contributed by atoms with E-state index in [1.54, 1.807) is 14.2 Å². The Morgan fingerprint density at radius 1 is 1.00 bits per heavy atom. The predicted molar refractivity (Wildman–Crippen MR) is 81.8 cm³/mol. The molecule has 0 aliphatic carbocycles. The van der Waals surface area contributed by atoms with E-state index in [0.717, 1.165) is 35.6 Å². The molecule has 1 aliphatic rings. The molecule has 0 bridgehead atoms. The van der Waals surface area contributed by atoms with Crippen molar-refractivity contribution in [1.29, 1.82) is 0 Å². The van der Waals surface area contributed by atoms with Gasteiger partial charge in [0, 0.05) is 12.2 Å². The van der Waals surface area contributed by atoms with Gasteiger partial charge >= 0.3 is 0 Å². The Hall–Kier alpha value is -2.16. The van der Waals surface area contributed by atoms with Crippen LogP contribution in [0.15, 0.2) is 36.4 Å². The molecule has 104 valence electrons. The molecule has 1 aliphatic heterocycles. The lowest BCUT2D eigenvalue weighted by molar-refractivity contribution is 0.397. The number of rotatable bonds is 3. The van der Waals surface area contributed by atoms with Gasteiger partial charge in [-0.3, -0.25) is 0 Å². The van der Waals surface area contributed by atoms with Crippen LogP contribution in [0.1, 0.15) is 12.0 Å². The molecule has 1 heterocycles. The molecular formula is C17H19NO2. The Morgan fingerprint density at radius 2 is 1.75 bits per heavy atom. The van der Waals surface area contributed by atoms with E-state index in [1.807, 2.05) is 18.2 Å². The number of nitrogens with one attached hydrogen (secondary N) is 1. The fourth-order valence-corrected chi connectivity index (χ4v) is 2.75. The van der Waals surface area contributed by atoms with E-state index in [-0.39, 0.29) is 0 Å². The van der Waals surface area contributed by atoms with Crippen LogP contribution in [0.2, 0.25) is 0 Å². The minimum atomic E-state index is 0.833. The second-order valence-corrected chi connectivity index (χ2v) is 4.94. The molecule has 3 rings (SSSR count). The molecule has 0 radical (unpaired) electrons. The molecule has 3 heteroatoms. The van der Waals surface area contributed by atoms with Gasteiger partial charge in [-0.25, -0.2) is 0 Å². The van der Waals surface area contributed by atoms with Crippen LogP contribution in [0.5, 0.6) is 11.5 Å². The highest BCUT2D eigenvalue weighted by molar-refractivity contribution is 5.80. The maximum atomic E-state index is 5.49. The van der Waals surface area contributed by atoms with E-state index in [2.05, 4.69) is 23.5 Å². The van der Waals surface area contributed by atoms with Gasteiger partial charge in [0.15, 0.2) is 0 Å². The second kappa shape index (κ2) is 5.45. The highest BCUT2D eigenvalue weighted by atomic mass is 16.5. The van der Waals surface area contributed by atoms with Crippen LogP contribution in [-0.4, -0.2) is 20.8 Å². The van der Waals surface area contributed by atoms with Crippen LogP contribution < -0.4 is 14.8 Å². The van der Waals surface area contributed by atoms with Gasteiger partial charge in [-0.15, -0.1) is 0 Å². The summed E-state index contributed by atoms with van der Waals surface area (Å²) in [6.07, 6.45) is 2.34. The van der Waals surface area contributed by atoms with E-state index in [9.17, 15) is 0 Å². The summed E-state index contributed by atoms with van der Waals surface area (Å²) < 4.78 is 11.0. The molecule has 0 unspecified atom stereocenters. The standard InChI is InChI=1S/C17H19NO2/c1-19-15-6-3-7-16(20-2)17(15)13-9-8-12-5-4-10-18-14(12)11-13/h3,6-9,11,18H,4-5,10H2,1-2H3. The molecule has 3 nitrogen and oxygen atoms in total. The van der Waals surface area contributed by atoms with E-state index < -0.39 is 0 Å². The smallest absolute Gasteiger partial charge is 0.130 e. The summed E-state index contributed by atoms with van der Waals surface area (Å²) in [4.78, 5) is 0.